The summed E-state index contributed by atoms with van der Waals surface area (Å²) in [5, 5.41) is 3.45. The molecule has 160 valence electrons. The molecule has 1 aromatic heterocycles. The van der Waals surface area contributed by atoms with Crippen molar-refractivity contribution in [2.75, 3.05) is 23.4 Å². The molecular weight excluding hydrogens is 416 g/mol. The quantitative estimate of drug-likeness (QED) is 0.650. The highest BCUT2D eigenvalue weighted by Crippen LogP contribution is 2.37. The number of benzene rings is 2. The SMILES string of the molecule is Cc1ccc(NC(=O)C[C@H]2C(=O)N(C[C@H]3CCCO3)c3nc4ccccc4n32)cc1Cl. The Morgan fingerprint density at radius 1 is 1.29 bits per heavy atom. The van der Waals surface area contributed by atoms with Crippen LogP contribution in [-0.4, -0.2) is 40.6 Å². The summed E-state index contributed by atoms with van der Waals surface area (Å²) in [7, 11) is 0. The van der Waals surface area contributed by atoms with Crippen LogP contribution in [0, 0.1) is 6.92 Å². The molecule has 0 bridgehead atoms. The average molecular weight is 439 g/mol. The Balaban J connectivity index is 1.43. The van der Waals surface area contributed by atoms with Gasteiger partial charge in [0.1, 0.15) is 6.04 Å². The number of hydrogen-bond donors (Lipinski definition) is 1. The van der Waals surface area contributed by atoms with Crippen LogP contribution in [0.25, 0.3) is 11.0 Å². The molecule has 0 radical (unpaired) electrons. The molecule has 8 heteroatoms. The number of aryl methyl sites for hydroxylation is 1. The molecule has 5 rings (SSSR count). The number of rotatable bonds is 5. The van der Waals surface area contributed by atoms with Gasteiger partial charge in [0.15, 0.2) is 0 Å². The van der Waals surface area contributed by atoms with Crippen LogP contribution in [0.15, 0.2) is 42.5 Å². The van der Waals surface area contributed by atoms with E-state index < -0.39 is 6.04 Å². The zero-order valence-corrected chi connectivity index (χ0v) is 17.9. The predicted molar refractivity (Wildman–Crippen MR) is 120 cm³/mol. The van der Waals surface area contributed by atoms with Crippen LogP contribution >= 0.6 is 11.6 Å². The van der Waals surface area contributed by atoms with E-state index in [0.717, 1.165) is 29.4 Å². The molecule has 2 aromatic carbocycles. The topological polar surface area (TPSA) is 76.5 Å². The molecule has 1 fully saturated rings. The number of hydrogen-bond acceptors (Lipinski definition) is 4. The van der Waals surface area contributed by atoms with E-state index in [-0.39, 0.29) is 24.3 Å². The fraction of sp³-hybridized carbons (Fsp3) is 0.348. The molecule has 0 saturated carbocycles. The van der Waals surface area contributed by atoms with Crippen LogP contribution in [0.1, 0.15) is 30.9 Å². The van der Waals surface area contributed by atoms with E-state index >= 15 is 0 Å². The van der Waals surface area contributed by atoms with Crippen molar-refractivity contribution in [1.29, 1.82) is 0 Å². The lowest BCUT2D eigenvalue weighted by atomic mass is 10.1. The first-order valence-electron chi connectivity index (χ1n) is 10.5. The second kappa shape index (κ2) is 7.98. The summed E-state index contributed by atoms with van der Waals surface area (Å²) in [5.74, 6) is 0.208. The van der Waals surface area contributed by atoms with Crippen molar-refractivity contribution in [3.63, 3.8) is 0 Å². The van der Waals surface area contributed by atoms with Gasteiger partial charge in [-0.25, -0.2) is 4.98 Å². The van der Waals surface area contributed by atoms with Gasteiger partial charge < -0.3 is 10.1 Å². The third-order valence-corrected chi connectivity index (χ3v) is 6.33. The number of halogens is 1. The molecule has 2 aliphatic rings. The largest absolute Gasteiger partial charge is 0.376 e. The van der Waals surface area contributed by atoms with Gasteiger partial charge in [-0.2, -0.15) is 0 Å². The Kier molecular flexibility index (Phi) is 5.16. The van der Waals surface area contributed by atoms with Crippen molar-refractivity contribution < 1.29 is 14.3 Å². The fourth-order valence-corrected chi connectivity index (χ4v) is 4.50. The normalized spacial score (nSPS) is 20.5. The van der Waals surface area contributed by atoms with Crippen LogP contribution in [0.4, 0.5) is 11.6 Å². The molecule has 2 aliphatic heterocycles. The van der Waals surface area contributed by atoms with Crippen LogP contribution in [-0.2, 0) is 14.3 Å². The average Bonchev–Trinajstić information content (AvgIpc) is 3.45. The molecule has 2 amide bonds. The molecule has 7 nitrogen and oxygen atoms in total. The zero-order chi connectivity index (χ0) is 21.5. The number of fused-ring (bicyclic) bond motifs is 3. The third kappa shape index (κ3) is 3.68. The standard InChI is InChI=1S/C23H23ClN4O3/c1-14-8-9-15(11-17(14)24)25-21(29)12-20-22(30)27(13-16-5-4-10-31-16)23-26-18-6-2-3-7-19(18)28(20)23/h2-3,6-9,11,16,20H,4-5,10,12-13H2,1H3,(H,25,29)/t16-,20+/m1/s1. The van der Waals surface area contributed by atoms with Gasteiger partial charge in [-0.1, -0.05) is 29.8 Å². The van der Waals surface area contributed by atoms with Gasteiger partial charge >= 0.3 is 0 Å². The van der Waals surface area contributed by atoms with Gasteiger partial charge in [-0.3, -0.25) is 19.1 Å². The van der Waals surface area contributed by atoms with Gasteiger partial charge in [0, 0.05) is 17.3 Å². The number of imidazole rings is 1. The second-order valence-corrected chi connectivity index (χ2v) is 8.49. The van der Waals surface area contributed by atoms with E-state index in [1.807, 2.05) is 41.8 Å². The first-order valence-corrected chi connectivity index (χ1v) is 10.8. The number of carbonyl (C=O) groups excluding carboxylic acids is 2. The Morgan fingerprint density at radius 3 is 2.90 bits per heavy atom. The predicted octanol–water partition coefficient (Wildman–Crippen LogP) is 4.09. The molecule has 31 heavy (non-hydrogen) atoms. The Morgan fingerprint density at radius 2 is 2.13 bits per heavy atom. The number of nitrogens with zero attached hydrogens (tertiary/aromatic N) is 3. The minimum atomic E-state index is -0.648. The monoisotopic (exact) mass is 438 g/mol. The van der Waals surface area contributed by atoms with E-state index in [0.29, 0.717) is 29.8 Å². The molecule has 2 atom stereocenters. The minimum absolute atomic E-state index is 0.000473. The summed E-state index contributed by atoms with van der Waals surface area (Å²) in [5.41, 5.74) is 3.19. The van der Waals surface area contributed by atoms with E-state index in [1.165, 1.54) is 0 Å². The molecule has 0 spiro atoms. The molecule has 1 saturated heterocycles. The lowest BCUT2D eigenvalue weighted by molar-refractivity contribution is -0.124. The van der Waals surface area contributed by atoms with Crippen LogP contribution in [0.3, 0.4) is 0 Å². The number of amides is 2. The number of para-hydroxylation sites is 2. The van der Waals surface area contributed by atoms with Crippen LogP contribution in [0.5, 0.6) is 0 Å². The summed E-state index contributed by atoms with van der Waals surface area (Å²) in [6.07, 6.45) is 1.93. The van der Waals surface area contributed by atoms with Crippen molar-refractivity contribution >= 4 is 46.1 Å². The van der Waals surface area contributed by atoms with Crippen LogP contribution < -0.4 is 10.2 Å². The molecule has 3 heterocycles. The van der Waals surface area contributed by atoms with Crippen molar-refractivity contribution in [3.05, 3.63) is 53.1 Å². The number of aromatic nitrogens is 2. The highest BCUT2D eigenvalue weighted by Gasteiger charge is 2.42. The summed E-state index contributed by atoms with van der Waals surface area (Å²) in [6, 6.07) is 12.4. The van der Waals surface area contributed by atoms with Gasteiger partial charge in [0.25, 0.3) is 5.91 Å². The maximum atomic E-state index is 13.4. The lowest BCUT2D eigenvalue weighted by Crippen LogP contribution is -2.37. The molecule has 1 N–H and O–H groups in total. The Labute approximate surface area is 184 Å². The van der Waals surface area contributed by atoms with Crippen molar-refractivity contribution in [2.45, 2.75) is 38.3 Å². The van der Waals surface area contributed by atoms with E-state index in [1.54, 1.807) is 17.0 Å². The first-order chi connectivity index (χ1) is 15.0. The van der Waals surface area contributed by atoms with Crippen molar-refractivity contribution in [1.82, 2.24) is 9.55 Å². The van der Waals surface area contributed by atoms with Gasteiger partial charge in [0.2, 0.25) is 11.9 Å². The van der Waals surface area contributed by atoms with Gasteiger partial charge in [0.05, 0.1) is 30.1 Å². The van der Waals surface area contributed by atoms with E-state index in [9.17, 15) is 9.59 Å². The number of nitrogens with one attached hydrogen (secondary N) is 1. The lowest BCUT2D eigenvalue weighted by Gasteiger charge is -2.19. The fourth-order valence-electron chi connectivity index (χ4n) is 4.32. The molecular formula is C23H23ClN4O3. The summed E-state index contributed by atoms with van der Waals surface area (Å²) < 4.78 is 7.63. The number of carbonyl (C=O) groups is 2. The molecule has 0 unspecified atom stereocenters. The molecule has 0 aliphatic carbocycles. The van der Waals surface area contributed by atoms with E-state index in [4.69, 9.17) is 21.3 Å². The van der Waals surface area contributed by atoms with E-state index in [2.05, 4.69) is 5.32 Å². The highest BCUT2D eigenvalue weighted by atomic mass is 35.5. The second-order valence-electron chi connectivity index (χ2n) is 8.09. The summed E-state index contributed by atoms with van der Waals surface area (Å²) >= 11 is 6.17. The zero-order valence-electron chi connectivity index (χ0n) is 17.2. The maximum Gasteiger partial charge on any atom is 0.253 e. The van der Waals surface area contributed by atoms with Crippen LogP contribution in [0.2, 0.25) is 5.02 Å². The summed E-state index contributed by atoms with van der Waals surface area (Å²) in [4.78, 5) is 32.6. The summed E-state index contributed by atoms with van der Waals surface area (Å²) in [6.45, 7) is 3.07. The highest BCUT2D eigenvalue weighted by molar-refractivity contribution is 6.31. The third-order valence-electron chi connectivity index (χ3n) is 5.93. The maximum absolute atomic E-state index is 13.4. The number of ether oxygens (including phenoxy) is 1. The number of anilines is 2. The van der Waals surface area contributed by atoms with Gasteiger partial charge in [-0.15, -0.1) is 0 Å². The molecule has 3 aromatic rings. The first kappa shape index (κ1) is 20.0. The smallest absolute Gasteiger partial charge is 0.253 e. The minimum Gasteiger partial charge on any atom is -0.376 e. The Bertz CT molecular complexity index is 1170. The van der Waals surface area contributed by atoms with Gasteiger partial charge in [-0.05, 0) is 49.6 Å². The Hall–Kier alpha value is -2.90. The van der Waals surface area contributed by atoms with Crippen molar-refractivity contribution in [3.8, 4) is 0 Å². The van der Waals surface area contributed by atoms with Crippen molar-refractivity contribution in [2.24, 2.45) is 0 Å².